The van der Waals surface area contributed by atoms with E-state index in [0.717, 1.165) is 18.8 Å². The van der Waals surface area contributed by atoms with Gasteiger partial charge in [0.15, 0.2) is 0 Å². The standard InChI is InChI=1S/C15H18N2/c1-12-5-7-14(8-6-12)10-16-11-15-13(2)4-3-9-17-15/h3-9,16H,10-11H2,1-2H3. The lowest BCUT2D eigenvalue weighted by Gasteiger charge is -2.07. The van der Waals surface area contributed by atoms with Crippen molar-refractivity contribution in [1.82, 2.24) is 10.3 Å². The monoisotopic (exact) mass is 226 g/mol. The van der Waals surface area contributed by atoms with Crippen LogP contribution in [0.4, 0.5) is 0 Å². The second-order valence-electron chi connectivity index (χ2n) is 4.36. The molecule has 17 heavy (non-hydrogen) atoms. The topological polar surface area (TPSA) is 24.9 Å². The van der Waals surface area contributed by atoms with E-state index in [2.05, 4.69) is 54.5 Å². The summed E-state index contributed by atoms with van der Waals surface area (Å²) in [4.78, 5) is 4.36. The first kappa shape index (κ1) is 11.8. The van der Waals surface area contributed by atoms with Crippen LogP contribution in [-0.4, -0.2) is 4.98 Å². The number of aromatic nitrogens is 1. The molecule has 1 heterocycles. The SMILES string of the molecule is Cc1ccc(CNCc2ncccc2C)cc1. The third kappa shape index (κ3) is 3.40. The van der Waals surface area contributed by atoms with Gasteiger partial charge in [-0.1, -0.05) is 35.9 Å². The van der Waals surface area contributed by atoms with Gasteiger partial charge in [0.1, 0.15) is 0 Å². The Morgan fingerprint density at radius 1 is 1.00 bits per heavy atom. The van der Waals surface area contributed by atoms with Crippen LogP contribution in [0, 0.1) is 13.8 Å². The maximum atomic E-state index is 4.36. The van der Waals surface area contributed by atoms with E-state index >= 15 is 0 Å². The van der Waals surface area contributed by atoms with Crippen LogP contribution >= 0.6 is 0 Å². The van der Waals surface area contributed by atoms with Crippen molar-refractivity contribution in [3.63, 3.8) is 0 Å². The summed E-state index contributed by atoms with van der Waals surface area (Å²) in [5.74, 6) is 0. The van der Waals surface area contributed by atoms with Crippen LogP contribution in [0.5, 0.6) is 0 Å². The maximum absolute atomic E-state index is 4.36. The van der Waals surface area contributed by atoms with E-state index in [4.69, 9.17) is 0 Å². The van der Waals surface area contributed by atoms with Gasteiger partial charge in [-0.15, -0.1) is 0 Å². The fourth-order valence-corrected chi connectivity index (χ4v) is 1.73. The minimum absolute atomic E-state index is 0.820. The normalized spacial score (nSPS) is 10.5. The molecule has 0 aliphatic rings. The molecule has 0 radical (unpaired) electrons. The Kier molecular flexibility index (Phi) is 3.89. The largest absolute Gasteiger partial charge is 0.307 e. The minimum atomic E-state index is 0.820. The average Bonchev–Trinajstić information content (AvgIpc) is 2.34. The molecule has 0 saturated carbocycles. The van der Waals surface area contributed by atoms with Crippen LogP contribution in [0.25, 0.3) is 0 Å². The Balaban J connectivity index is 1.88. The lowest BCUT2D eigenvalue weighted by atomic mass is 10.1. The molecule has 2 nitrogen and oxygen atoms in total. The molecular formula is C15H18N2. The van der Waals surface area contributed by atoms with Gasteiger partial charge in [-0.3, -0.25) is 4.98 Å². The third-order valence-corrected chi connectivity index (χ3v) is 2.86. The molecule has 0 aliphatic carbocycles. The third-order valence-electron chi connectivity index (χ3n) is 2.86. The van der Waals surface area contributed by atoms with Gasteiger partial charge in [0, 0.05) is 19.3 Å². The highest BCUT2D eigenvalue weighted by atomic mass is 14.9. The Hall–Kier alpha value is -1.67. The number of pyridine rings is 1. The molecule has 2 heteroatoms. The molecule has 0 amide bonds. The summed E-state index contributed by atoms with van der Waals surface area (Å²) < 4.78 is 0. The molecule has 0 spiro atoms. The number of benzene rings is 1. The zero-order chi connectivity index (χ0) is 12.1. The highest BCUT2D eigenvalue weighted by Crippen LogP contribution is 2.05. The number of hydrogen-bond donors (Lipinski definition) is 1. The van der Waals surface area contributed by atoms with Crippen molar-refractivity contribution in [3.8, 4) is 0 Å². The van der Waals surface area contributed by atoms with Crippen LogP contribution in [0.3, 0.4) is 0 Å². The zero-order valence-electron chi connectivity index (χ0n) is 10.4. The maximum Gasteiger partial charge on any atom is 0.0570 e. The van der Waals surface area contributed by atoms with Gasteiger partial charge in [-0.25, -0.2) is 0 Å². The molecule has 1 aromatic carbocycles. The zero-order valence-corrected chi connectivity index (χ0v) is 10.4. The molecular weight excluding hydrogens is 208 g/mol. The smallest absolute Gasteiger partial charge is 0.0570 e. The molecule has 2 rings (SSSR count). The van der Waals surface area contributed by atoms with E-state index in [1.54, 1.807) is 0 Å². The lowest BCUT2D eigenvalue weighted by Crippen LogP contribution is -2.14. The van der Waals surface area contributed by atoms with E-state index in [-0.39, 0.29) is 0 Å². The second kappa shape index (κ2) is 5.60. The van der Waals surface area contributed by atoms with Gasteiger partial charge >= 0.3 is 0 Å². The summed E-state index contributed by atoms with van der Waals surface area (Å²) in [5, 5.41) is 3.42. The molecule has 88 valence electrons. The molecule has 0 atom stereocenters. The number of aryl methyl sites for hydroxylation is 2. The van der Waals surface area contributed by atoms with E-state index < -0.39 is 0 Å². The highest BCUT2D eigenvalue weighted by molar-refractivity contribution is 5.21. The van der Waals surface area contributed by atoms with E-state index in [1.165, 1.54) is 16.7 Å². The van der Waals surface area contributed by atoms with Crippen molar-refractivity contribution in [1.29, 1.82) is 0 Å². The van der Waals surface area contributed by atoms with Gasteiger partial charge in [-0.05, 0) is 31.0 Å². The summed E-state index contributed by atoms with van der Waals surface area (Å²) in [6.07, 6.45) is 1.84. The van der Waals surface area contributed by atoms with Crippen LogP contribution in [0.15, 0.2) is 42.6 Å². The van der Waals surface area contributed by atoms with Gasteiger partial charge in [0.2, 0.25) is 0 Å². The first-order valence-electron chi connectivity index (χ1n) is 5.92. The van der Waals surface area contributed by atoms with Gasteiger partial charge in [-0.2, -0.15) is 0 Å². The quantitative estimate of drug-likeness (QED) is 0.867. The highest BCUT2D eigenvalue weighted by Gasteiger charge is 1.98. The first-order chi connectivity index (χ1) is 8.25. The van der Waals surface area contributed by atoms with Crippen LogP contribution in [0.1, 0.15) is 22.4 Å². The van der Waals surface area contributed by atoms with Crippen molar-refractivity contribution in [2.75, 3.05) is 0 Å². The molecule has 0 unspecified atom stereocenters. The van der Waals surface area contributed by atoms with E-state index in [0.29, 0.717) is 0 Å². The molecule has 1 N–H and O–H groups in total. The molecule has 0 bridgehead atoms. The second-order valence-corrected chi connectivity index (χ2v) is 4.36. The van der Waals surface area contributed by atoms with Crippen molar-refractivity contribution in [2.24, 2.45) is 0 Å². The van der Waals surface area contributed by atoms with Crippen molar-refractivity contribution >= 4 is 0 Å². The molecule has 1 aromatic heterocycles. The predicted molar refractivity (Wildman–Crippen MR) is 70.7 cm³/mol. The Morgan fingerprint density at radius 3 is 2.47 bits per heavy atom. The van der Waals surface area contributed by atoms with E-state index in [1.807, 2.05) is 12.3 Å². The van der Waals surface area contributed by atoms with Crippen molar-refractivity contribution < 1.29 is 0 Å². The molecule has 2 aromatic rings. The number of nitrogens with zero attached hydrogens (tertiary/aromatic N) is 1. The van der Waals surface area contributed by atoms with Crippen LogP contribution < -0.4 is 5.32 Å². The molecule has 0 saturated heterocycles. The summed E-state index contributed by atoms with van der Waals surface area (Å²) in [6, 6.07) is 12.7. The van der Waals surface area contributed by atoms with Crippen molar-refractivity contribution in [3.05, 3.63) is 65.0 Å². The van der Waals surface area contributed by atoms with Crippen LogP contribution in [-0.2, 0) is 13.1 Å². The first-order valence-corrected chi connectivity index (χ1v) is 5.92. The van der Waals surface area contributed by atoms with Gasteiger partial charge in [0.25, 0.3) is 0 Å². The van der Waals surface area contributed by atoms with Crippen molar-refractivity contribution in [2.45, 2.75) is 26.9 Å². The van der Waals surface area contributed by atoms with E-state index in [9.17, 15) is 0 Å². The fourth-order valence-electron chi connectivity index (χ4n) is 1.73. The Bertz CT molecular complexity index is 475. The molecule has 0 fully saturated rings. The summed E-state index contributed by atoms with van der Waals surface area (Å²) in [6.45, 7) is 5.90. The summed E-state index contributed by atoms with van der Waals surface area (Å²) >= 11 is 0. The predicted octanol–water partition coefficient (Wildman–Crippen LogP) is 2.99. The minimum Gasteiger partial charge on any atom is -0.307 e. The number of rotatable bonds is 4. The summed E-state index contributed by atoms with van der Waals surface area (Å²) in [7, 11) is 0. The van der Waals surface area contributed by atoms with Gasteiger partial charge in [0.05, 0.1) is 5.69 Å². The Morgan fingerprint density at radius 2 is 1.76 bits per heavy atom. The van der Waals surface area contributed by atoms with Crippen LogP contribution in [0.2, 0.25) is 0 Å². The lowest BCUT2D eigenvalue weighted by molar-refractivity contribution is 0.676. The van der Waals surface area contributed by atoms with Gasteiger partial charge < -0.3 is 5.32 Å². The fraction of sp³-hybridized carbons (Fsp3) is 0.267. The number of hydrogen-bond acceptors (Lipinski definition) is 2. The molecule has 0 aliphatic heterocycles. The summed E-state index contributed by atoms with van der Waals surface area (Å²) in [5.41, 5.74) is 4.97. The average molecular weight is 226 g/mol. The number of nitrogens with one attached hydrogen (secondary N) is 1. The Labute approximate surface area is 103 Å².